The molecule has 3 heterocycles. The third-order valence-electron chi connectivity index (χ3n) is 5.32. The third kappa shape index (κ3) is 5.57. The van der Waals surface area contributed by atoms with Crippen LogP contribution in [-0.2, 0) is 4.79 Å². The summed E-state index contributed by atoms with van der Waals surface area (Å²) in [6.45, 7) is 5.38. The van der Waals surface area contributed by atoms with E-state index in [9.17, 15) is 4.79 Å². The van der Waals surface area contributed by atoms with Gasteiger partial charge in [0.2, 0.25) is 5.95 Å². The largest absolute Gasteiger partial charge is 0.484 e. The molecule has 1 aromatic carbocycles. The Morgan fingerprint density at radius 1 is 1.13 bits per heavy atom. The van der Waals surface area contributed by atoms with Crippen LogP contribution >= 0.6 is 0 Å². The van der Waals surface area contributed by atoms with E-state index in [1.807, 2.05) is 67.3 Å². The number of likely N-dealkylation sites (tertiary alicyclic amines) is 1. The van der Waals surface area contributed by atoms with Gasteiger partial charge in [0, 0.05) is 36.1 Å². The van der Waals surface area contributed by atoms with Crippen molar-refractivity contribution in [2.24, 2.45) is 0 Å². The van der Waals surface area contributed by atoms with E-state index < -0.39 is 0 Å². The third-order valence-corrected chi connectivity index (χ3v) is 5.32. The number of pyridine rings is 1. The van der Waals surface area contributed by atoms with Gasteiger partial charge in [-0.15, -0.1) is 0 Å². The molecule has 1 atom stereocenters. The second kappa shape index (κ2) is 9.55. The summed E-state index contributed by atoms with van der Waals surface area (Å²) in [5, 5.41) is 3.21. The molecule has 1 N–H and O–H groups in total. The van der Waals surface area contributed by atoms with Crippen LogP contribution in [0.3, 0.4) is 0 Å². The molecule has 160 valence electrons. The number of rotatable bonds is 6. The lowest BCUT2D eigenvalue weighted by Crippen LogP contribution is -2.41. The fourth-order valence-corrected chi connectivity index (χ4v) is 3.83. The van der Waals surface area contributed by atoms with Crippen molar-refractivity contribution in [3.05, 3.63) is 71.8 Å². The van der Waals surface area contributed by atoms with Crippen LogP contribution in [-0.4, -0.2) is 45.5 Å². The molecule has 7 nitrogen and oxygen atoms in total. The molecule has 0 saturated carbocycles. The number of aromatic nitrogens is 3. The highest BCUT2D eigenvalue weighted by Crippen LogP contribution is 2.26. The van der Waals surface area contributed by atoms with Gasteiger partial charge in [-0.1, -0.05) is 18.2 Å². The number of aryl methyl sites for hydroxylation is 2. The number of hydrogen-bond acceptors (Lipinski definition) is 6. The molecule has 1 saturated heterocycles. The monoisotopic (exact) mass is 417 g/mol. The van der Waals surface area contributed by atoms with Crippen molar-refractivity contribution in [2.45, 2.75) is 32.6 Å². The first-order valence-electron chi connectivity index (χ1n) is 10.6. The van der Waals surface area contributed by atoms with Gasteiger partial charge in [0.25, 0.3) is 5.91 Å². The smallest absolute Gasteiger partial charge is 0.260 e. The highest BCUT2D eigenvalue weighted by Gasteiger charge is 2.25. The van der Waals surface area contributed by atoms with Crippen LogP contribution in [0.1, 0.15) is 35.8 Å². The molecule has 0 radical (unpaired) electrons. The van der Waals surface area contributed by atoms with E-state index in [2.05, 4.69) is 20.3 Å². The number of benzene rings is 1. The van der Waals surface area contributed by atoms with Crippen LogP contribution in [0.5, 0.6) is 5.75 Å². The summed E-state index contributed by atoms with van der Waals surface area (Å²) in [4.78, 5) is 28.0. The van der Waals surface area contributed by atoms with Gasteiger partial charge in [0.15, 0.2) is 6.61 Å². The molecule has 1 amide bonds. The van der Waals surface area contributed by atoms with Crippen LogP contribution in [0, 0.1) is 13.8 Å². The van der Waals surface area contributed by atoms with Crippen molar-refractivity contribution in [3.8, 4) is 5.75 Å². The molecular formula is C24H27N5O2. The first-order valence-corrected chi connectivity index (χ1v) is 10.6. The Balaban J connectivity index is 1.35. The minimum atomic E-state index is 0.0128. The van der Waals surface area contributed by atoms with Crippen LogP contribution < -0.4 is 10.1 Å². The van der Waals surface area contributed by atoms with Gasteiger partial charge >= 0.3 is 0 Å². The molecule has 1 aliphatic rings. The average Bonchev–Trinajstić information content (AvgIpc) is 2.78. The fourth-order valence-electron chi connectivity index (χ4n) is 3.83. The zero-order chi connectivity index (χ0) is 21.6. The zero-order valence-electron chi connectivity index (χ0n) is 17.9. The van der Waals surface area contributed by atoms with Crippen molar-refractivity contribution >= 4 is 17.5 Å². The summed E-state index contributed by atoms with van der Waals surface area (Å²) in [7, 11) is 0. The van der Waals surface area contributed by atoms with E-state index in [-0.39, 0.29) is 18.4 Å². The topological polar surface area (TPSA) is 80.2 Å². The van der Waals surface area contributed by atoms with Crippen molar-refractivity contribution < 1.29 is 9.53 Å². The van der Waals surface area contributed by atoms with Crippen LogP contribution in [0.25, 0.3) is 0 Å². The number of piperidine rings is 1. The maximum absolute atomic E-state index is 12.6. The summed E-state index contributed by atoms with van der Waals surface area (Å²) < 4.78 is 5.62. The van der Waals surface area contributed by atoms with Gasteiger partial charge in [-0.2, -0.15) is 0 Å². The molecule has 1 unspecified atom stereocenters. The predicted octanol–water partition coefficient (Wildman–Crippen LogP) is 4.02. The Labute approximate surface area is 182 Å². The molecule has 4 rings (SSSR count). The van der Waals surface area contributed by atoms with Gasteiger partial charge in [-0.05, 0) is 57.0 Å². The minimum absolute atomic E-state index is 0.0128. The van der Waals surface area contributed by atoms with E-state index in [0.29, 0.717) is 18.2 Å². The molecule has 7 heteroatoms. The van der Waals surface area contributed by atoms with E-state index in [1.54, 1.807) is 6.20 Å². The predicted molar refractivity (Wildman–Crippen MR) is 120 cm³/mol. The summed E-state index contributed by atoms with van der Waals surface area (Å²) in [5.74, 6) is 1.52. The molecule has 0 spiro atoms. The number of carbonyl (C=O) groups excluding carboxylic acids is 1. The number of amides is 1. The van der Waals surface area contributed by atoms with E-state index in [4.69, 9.17) is 4.74 Å². The summed E-state index contributed by atoms with van der Waals surface area (Å²) in [6, 6.07) is 15.4. The Morgan fingerprint density at radius 2 is 1.90 bits per heavy atom. The second-order valence-electron chi connectivity index (χ2n) is 7.85. The van der Waals surface area contributed by atoms with Crippen molar-refractivity contribution in [3.63, 3.8) is 0 Å². The van der Waals surface area contributed by atoms with Crippen LogP contribution in [0.2, 0.25) is 0 Å². The zero-order valence-corrected chi connectivity index (χ0v) is 17.9. The quantitative estimate of drug-likeness (QED) is 0.653. The van der Waals surface area contributed by atoms with Crippen LogP contribution in [0.15, 0.2) is 54.7 Å². The number of para-hydroxylation sites is 1. The molecule has 0 aliphatic carbocycles. The van der Waals surface area contributed by atoms with Crippen molar-refractivity contribution in [1.82, 2.24) is 19.9 Å². The Kier molecular flexibility index (Phi) is 6.40. The number of anilines is 2. The minimum Gasteiger partial charge on any atom is -0.484 e. The normalized spacial score (nSPS) is 16.1. The first-order chi connectivity index (χ1) is 15.1. The number of nitrogens with zero attached hydrogens (tertiary/aromatic N) is 4. The molecule has 0 bridgehead atoms. The number of hydrogen-bond donors (Lipinski definition) is 1. The summed E-state index contributed by atoms with van der Waals surface area (Å²) >= 11 is 0. The van der Waals surface area contributed by atoms with E-state index >= 15 is 0 Å². The van der Waals surface area contributed by atoms with Gasteiger partial charge in [-0.25, -0.2) is 9.97 Å². The van der Waals surface area contributed by atoms with Crippen molar-refractivity contribution in [1.29, 1.82) is 0 Å². The van der Waals surface area contributed by atoms with Crippen molar-refractivity contribution in [2.75, 3.05) is 25.0 Å². The molecular weight excluding hydrogens is 390 g/mol. The Hall–Kier alpha value is -3.48. The second-order valence-corrected chi connectivity index (χ2v) is 7.85. The number of nitrogens with one attached hydrogen (secondary N) is 1. The standard InChI is InChI=1S/C24H27N5O2/c1-17-13-18(2)27-24(26-17)28-20-10-11-22(25-14-20)19-7-6-12-29(15-19)23(30)16-31-21-8-4-3-5-9-21/h3-5,8-11,13-14,19H,6-7,12,15-16H2,1-2H3,(H,26,27,28). The highest BCUT2D eigenvalue weighted by molar-refractivity contribution is 5.78. The first kappa shape index (κ1) is 20.8. The lowest BCUT2D eigenvalue weighted by molar-refractivity contribution is -0.134. The maximum Gasteiger partial charge on any atom is 0.260 e. The fraction of sp³-hybridized carbons (Fsp3) is 0.333. The molecule has 1 aliphatic heterocycles. The van der Waals surface area contributed by atoms with Gasteiger partial charge in [0.1, 0.15) is 5.75 Å². The average molecular weight is 418 g/mol. The SMILES string of the molecule is Cc1cc(C)nc(Nc2ccc(C3CCCN(C(=O)COc4ccccc4)C3)nc2)n1. The molecule has 1 fully saturated rings. The lowest BCUT2D eigenvalue weighted by atomic mass is 9.94. The molecule has 2 aromatic heterocycles. The van der Waals surface area contributed by atoms with Gasteiger partial charge in [0.05, 0.1) is 11.9 Å². The molecule has 3 aromatic rings. The van der Waals surface area contributed by atoms with E-state index in [1.165, 1.54) is 0 Å². The lowest BCUT2D eigenvalue weighted by Gasteiger charge is -2.32. The van der Waals surface area contributed by atoms with Gasteiger partial charge < -0.3 is 15.0 Å². The summed E-state index contributed by atoms with van der Waals surface area (Å²) in [6.07, 6.45) is 3.78. The van der Waals surface area contributed by atoms with Gasteiger partial charge in [-0.3, -0.25) is 9.78 Å². The van der Waals surface area contributed by atoms with E-state index in [0.717, 1.165) is 42.2 Å². The number of carbonyl (C=O) groups is 1. The molecule has 31 heavy (non-hydrogen) atoms. The number of ether oxygens (including phenoxy) is 1. The Bertz CT molecular complexity index is 1000. The summed E-state index contributed by atoms with van der Waals surface area (Å²) in [5.41, 5.74) is 3.67. The Morgan fingerprint density at radius 3 is 2.61 bits per heavy atom. The van der Waals surface area contributed by atoms with Crippen LogP contribution in [0.4, 0.5) is 11.6 Å². The highest BCUT2D eigenvalue weighted by atomic mass is 16.5. The maximum atomic E-state index is 12.6.